The molecule has 0 unspecified atom stereocenters. The van der Waals surface area contributed by atoms with Crippen LogP contribution >= 0.6 is 15.9 Å². The van der Waals surface area contributed by atoms with Crippen LogP contribution in [0, 0.1) is 0 Å². The van der Waals surface area contributed by atoms with Gasteiger partial charge in [0.2, 0.25) is 0 Å². The summed E-state index contributed by atoms with van der Waals surface area (Å²) in [5.41, 5.74) is 1.29. The molecule has 0 bridgehead atoms. The topological polar surface area (TPSA) is 9.23 Å². The molecule has 0 aliphatic rings. The van der Waals surface area contributed by atoms with Crippen molar-refractivity contribution < 1.29 is 4.74 Å². The number of fused-ring (bicyclic) bond motifs is 1. The van der Waals surface area contributed by atoms with E-state index in [0.29, 0.717) is 0 Å². The molecular weight excluding hydrogens is 276 g/mol. The molecule has 2 heteroatoms. The summed E-state index contributed by atoms with van der Waals surface area (Å²) in [4.78, 5) is 0. The lowest BCUT2D eigenvalue weighted by molar-refractivity contribution is 0.0608. The lowest BCUT2D eigenvalue weighted by atomic mass is 9.99. The predicted octanol–water partition coefficient (Wildman–Crippen LogP) is 5.09. The Bertz CT molecular complexity index is 507. The van der Waals surface area contributed by atoms with E-state index in [-0.39, 0.29) is 6.10 Å². The first-order chi connectivity index (χ1) is 8.27. The standard InChI is InChI=1S/C15H17BrO/c1-3-15(17-4-2)13-9-10-14(16)12-8-6-5-7-11(12)13/h5-10,15H,3-4H2,1-2H3/t15-/m1/s1. The van der Waals surface area contributed by atoms with Crippen LogP contribution in [0.3, 0.4) is 0 Å². The average Bonchev–Trinajstić information content (AvgIpc) is 2.37. The highest BCUT2D eigenvalue weighted by Crippen LogP contribution is 2.32. The van der Waals surface area contributed by atoms with Crippen LogP contribution in [0.15, 0.2) is 40.9 Å². The Labute approximate surface area is 111 Å². The Balaban J connectivity index is 2.57. The number of ether oxygens (including phenoxy) is 1. The molecule has 0 saturated carbocycles. The van der Waals surface area contributed by atoms with Gasteiger partial charge in [0.1, 0.15) is 0 Å². The highest BCUT2D eigenvalue weighted by Gasteiger charge is 2.13. The predicted molar refractivity (Wildman–Crippen MR) is 76.3 cm³/mol. The smallest absolute Gasteiger partial charge is 0.0828 e. The summed E-state index contributed by atoms with van der Waals surface area (Å²) in [6, 6.07) is 12.7. The Morgan fingerprint density at radius 1 is 1.06 bits per heavy atom. The number of rotatable bonds is 4. The molecule has 2 aromatic carbocycles. The number of halogens is 1. The van der Waals surface area contributed by atoms with Crippen molar-refractivity contribution in [1.29, 1.82) is 0 Å². The van der Waals surface area contributed by atoms with Gasteiger partial charge in [-0.1, -0.05) is 53.2 Å². The second-order valence-corrected chi connectivity index (χ2v) is 4.89. The van der Waals surface area contributed by atoms with E-state index in [1.807, 2.05) is 6.92 Å². The van der Waals surface area contributed by atoms with Gasteiger partial charge in [0.25, 0.3) is 0 Å². The van der Waals surface area contributed by atoms with Gasteiger partial charge in [-0.3, -0.25) is 0 Å². The van der Waals surface area contributed by atoms with Gasteiger partial charge < -0.3 is 4.74 Å². The van der Waals surface area contributed by atoms with E-state index in [2.05, 4.69) is 59.3 Å². The zero-order valence-corrected chi connectivity index (χ0v) is 11.8. The second-order valence-electron chi connectivity index (χ2n) is 4.03. The quantitative estimate of drug-likeness (QED) is 0.763. The van der Waals surface area contributed by atoms with Gasteiger partial charge in [0.05, 0.1) is 6.10 Å². The van der Waals surface area contributed by atoms with Crippen molar-refractivity contribution in [1.82, 2.24) is 0 Å². The molecule has 2 rings (SSSR count). The molecule has 0 spiro atoms. The summed E-state index contributed by atoms with van der Waals surface area (Å²) >= 11 is 3.60. The van der Waals surface area contributed by atoms with Crippen molar-refractivity contribution in [2.24, 2.45) is 0 Å². The minimum Gasteiger partial charge on any atom is -0.374 e. The van der Waals surface area contributed by atoms with Gasteiger partial charge >= 0.3 is 0 Å². The average molecular weight is 293 g/mol. The van der Waals surface area contributed by atoms with Crippen LogP contribution < -0.4 is 0 Å². The van der Waals surface area contributed by atoms with Crippen LogP contribution in [0.5, 0.6) is 0 Å². The first kappa shape index (κ1) is 12.6. The summed E-state index contributed by atoms with van der Waals surface area (Å²) in [6.45, 7) is 4.96. The number of hydrogen-bond donors (Lipinski definition) is 0. The molecule has 0 N–H and O–H groups in total. The van der Waals surface area contributed by atoms with Crippen LogP contribution in [-0.4, -0.2) is 6.61 Å². The number of hydrogen-bond acceptors (Lipinski definition) is 1. The van der Waals surface area contributed by atoms with E-state index in [1.165, 1.54) is 16.3 Å². The van der Waals surface area contributed by atoms with Crippen molar-refractivity contribution in [3.05, 3.63) is 46.4 Å². The SMILES string of the molecule is CCO[C@H](CC)c1ccc(Br)c2ccccc12. The molecule has 0 aliphatic heterocycles. The monoisotopic (exact) mass is 292 g/mol. The molecule has 0 aliphatic carbocycles. The molecule has 0 heterocycles. The fraction of sp³-hybridized carbons (Fsp3) is 0.333. The third-order valence-corrected chi connectivity index (χ3v) is 3.68. The van der Waals surface area contributed by atoms with Crippen molar-refractivity contribution >= 4 is 26.7 Å². The Morgan fingerprint density at radius 2 is 1.76 bits per heavy atom. The molecule has 2 aromatic rings. The first-order valence-electron chi connectivity index (χ1n) is 6.06. The maximum Gasteiger partial charge on any atom is 0.0828 e. The third-order valence-electron chi connectivity index (χ3n) is 2.99. The zero-order valence-electron chi connectivity index (χ0n) is 10.2. The zero-order chi connectivity index (χ0) is 12.3. The van der Waals surface area contributed by atoms with Crippen LogP contribution in [0.2, 0.25) is 0 Å². The molecular formula is C15H17BrO. The lowest BCUT2D eigenvalue weighted by Gasteiger charge is -2.18. The van der Waals surface area contributed by atoms with Gasteiger partial charge in [0, 0.05) is 11.1 Å². The molecule has 0 amide bonds. The molecule has 0 aromatic heterocycles. The van der Waals surface area contributed by atoms with Crippen molar-refractivity contribution in [2.45, 2.75) is 26.4 Å². The van der Waals surface area contributed by atoms with E-state index >= 15 is 0 Å². The molecule has 90 valence electrons. The summed E-state index contributed by atoms with van der Waals surface area (Å²) in [7, 11) is 0. The minimum absolute atomic E-state index is 0.193. The van der Waals surface area contributed by atoms with E-state index < -0.39 is 0 Å². The Hall–Kier alpha value is -0.860. The maximum atomic E-state index is 5.81. The molecule has 0 fully saturated rings. The summed E-state index contributed by atoms with van der Waals surface area (Å²) in [6.07, 6.45) is 1.19. The van der Waals surface area contributed by atoms with Crippen molar-refractivity contribution in [3.63, 3.8) is 0 Å². The Kier molecular flexibility index (Phi) is 4.19. The van der Waals surface area contributed by atoms with Gasteiger partial charge in [-0.15, -0.1) is 0 Å². The van der Waals surface area contributed by atoms with Crippen LogP contribution in [-0.2, 0) is 4.74 Å². The normalized spacial score (nSPS) is 12.9. The summed E-state index contributed by atoms with van der Waals surface area (Å²) < 4.78 is 6.95. The second kappa shape index (κ2) is 5.65. The highest BCUT2D eigenvalue weighted by atomic mass is 79.9. The van der Waals surface area contributed by atoms with E-state index in [4.69, 9.17) is 4.74 Å². The van der Waals surface area contributed by atoms with Crippen molar-refractivity contribution in [3.8, 4) is 0 Å². The van der Waals surface area contributed by atoms with Crippen molar-refractivity contribution in [2.75, 3.05) is 6.61 Å². The Morgan fingerprint density at radius 3 is 2.41 bits per heavy atom. The lowest BCUT2D eigenvalue weighted by Crippen LogP contribution is -2.03. The van der Waals surface area contributed by atoms with Gasteiger partial charge in [-0.2, -0.15) is 0 Å². The van der Waals surface area contributed by atoms with Gasteiger partial charge in [-0.25, -0.2) is 0 Å². The molecule has 17 heavy (non-hydrogen) atoms. The third kappa shape index (κ3) is 2.53. The molecule has 0 radical (unpaired) electrons. The van der Waals surface area contributed by atoms with E-state index in [9.17, 15) is 0 Å². The fourth-order valence-corrected chi connectivity index (χ4v) is 2.67. The maximum absolute atomic E-state index is 5.81. The van der Waals surface area contributed by atoms with Gasteiger partial charge in [0.15, 0.2) is 0 Å². The number of benzene rings is 2. The molecule has 1 nitrogen and oxygen atoms in total. The van der Waals surface area contributed by atoms with E-state index in [0.717, 1.165) is 17.5 Å². The first-order valence-corrected chi connectivity index (χ1v) is 6.86. The summed E-state index contributed by atoms with van der Waals surface area (Å²) in [5.74, 6) is 0. The highest BCUT2D eigenvalue weighted by molar-refractivity contribution is 9.10. The summed E-state index contributed by atoms with van der Waals surface area (Å²) in [5, 5.41) is 2.53. The van der Waals surface area contributed by atoms with Crippen LogP contribution in [0.4, 0.5) is 0 Å². The molecule has 0 saturated heterocycles. The van der Waals surface area contributed by atoms with Crippen LogP contribution in [0.25, 0.3) is 10.8 Å². The largest absolute Gasteiger partial charge is 0.374 e. The minimum atomic E-state index is 0.193. The fourth-order valence-electron chi connectivity index (χ4n) is 2.20. The van der Waals surface area contributed by atoms with Gasteiger partial charge in [-0.05, 0) is 35.7 Å². The molecule has 1 atom stereocenters. The van der Waals surface area contributed by atoms with Crippen LogP contribution in [0.1, 0.15) is 31.9 Å². The van der Waals surface area contributed by atoms with E-state index in [1.54, 1.807) is 0 Å².